The summed E-state index contributed by atoms with van der Waals surface area (Å²) in [5, 5.41) is 3.02. The van der Waals surface area contributed by atoms with Gasteiger partial charge in [-0.15, -0.1) is 0 Å². The Morgan fingerprint density at radius 3 is 2.82 bits per heavy atom. The Bertz CT molecular complexity index is 225. The molecular weight excluding hydrogens is 216 g/mol. The van der Waals surface area contributed by atoms with Crippen molar-refractivity contribution >= 4 is 5.96 Å². The van der Waals surface area contributed by atoms with E-state index in [1.54, 1.807) is 7.11 Å². The number of guanidine groups is 1. The van der Waals surface area contributed by atoms with Crippen LogP contribution in [0.5, 0.6) is 0 Å². The van der Waals surface area contributed by atoms with Crippen molar-refractivity contribution in [2.75, 3.05) is 46.9 Å². The first kappa shape index (κ1) is 14.3. The van der Waals surface area contributed by atoms with Gasteiger partial charge in [0.25, 0.3) is 0 Å². The molecule has 1 fully saturated rings. The van der Waals surface area contributed by atoms with Crippen LogP contribution in [0.1, 0.15) is 19.3 Å². The van der Waals surface area contributed by atoms with E-state index >= 15 is 0 Å². The number of nitrogens with one attached hydrogen (secondary N) is 1. The summed E-state index contributed by atoms with van der Waals surface area (Å²) in [4.78, 5) is 6.71. The van der Waals surface area contributed by atoms with Crippen LogP contribution in [0, 0.1) is 5.92 Å². The lowest BCUT2D eigenvalue weighted by molar-refractivity contribution is 0.203. The minimum absolute atomic E-state index is 0.537. The van der Waals surface area contributed by atoms with E-state index in [-0.39, 0.29) is 0 Å². The van der Waals surface area contributed by atoms with E-state index in [0.717, 1.165) is 25.4 Å². The summed E-state index contributed by atoms with van der Waals surface area (Å²) in [6, 6.07) is 0. The van der Waals surface area contributed by atoms with E-state index in [2.05, 4.69) is 22.3 Å². The van der Waals surface area contributed by atoms with Crippen LogP contribution in [-0.4, -0.2) is 57.8 Å². The number of nitrogens with zero attached hydrogens (tertiary/aromatic N) is 2. The second-order valence-corrected chi connectivity index (χ2v) is 4.72. The molecule has 100 valence electrons. The van der Waals surface area contributed by atoms with Crippen molar-refractivity contribution < 1.29 is 4.74 Å². The molecule has 0 aromatic rings. The summed E-state index contributed by atoms with van der Waals surface area (Å²) < 4.78 is 4.92. The van der Waals surface area contributed by atoms with Gasteiger partial charge in [-0.2, -0.15) is 0 Å². The van der Waals surface area contributed by atoms with Crippen LogP contribution in [0.2, 0.25) is 0 Å². The smallest absolute Gasteiger partial charge is 0.188 e. The zero-order valence-corrected chi connectivity index (χ0v) is 11.1. The molecule has 0 spiro atoms. The van der Waals surface area contributed by atoms with E-state index < -0.39 is 0 Å². The van der Waals surface area contributed by atoms with E-state index in [1.807, 2.05) is 0 Å². The number of hydrogen-bond donors (Lipinski definition) is 2. The zero-order chi connectivity index (χ0) is 12.5. The number of hydrogen-bond acceptors (Lipinski definition) is 3. The topological polar surface area (TPSA) is 62.9 Å². The predicted molar refractivity (Wildman–Crippen MR) is 71.2 cm³/mol. The van der Waals surface area contributed by atoms with E-state index in [4.69, 9.17) is 10.5 Å². The first-order valence-corrected chi connectivity index (χ1v) is 6.43. The molecule has 1 rings (SSSR count). The number of methoxy groups -OCH3 is 1. The van der Waals surface area contributed by atoms with Gasteiger partial charge in [0.2, 0.25) is 0 Å². The molecule has 0 amide bonds. The Morgan fingerprint density at radius 2 is 2.18 bits per heavy atom. The highest BCUT2D eigenvalue weighted by molar-refractivity contribution is 5.77. The van der Waals surface area contributed by atoms with Crippen molar-refractivity contribution in [3.63, 3.8) is 0 Å². The number of rotatable bonds is 6. The predicted octanol–water partition coefficient (Wildman–Crippen LogP) is 0.269. The summed E-state index contributed by atoms with van der Waals surface area (Å²) in [5.74, 6) is 1.36. The fraction of sp³-hybridized carbons (Fsp3) is 0.917. The average molecular weight is 242 g/mol. The summed E-state index contributed by atoms with van der Waals surface area (Å²) in [7, 11) is 3.86. The van der Waals surface area contributed by atoms with Crippen LogP contribution in [0.3, 0.4) is 0 Å². The first-order chi connectivity index (χ1) is 8.22. The molecule has 0 radical (unpaired) electrons. The number of nitrogens with two attached hydrogens (primary N) is 1. The summed E-state index contributed by atoms with van der Waals surface area (Å²) >= 11 is 0. The van der Waals surface area contributed by atoms with Gasteiger partial charge in [0, 0.05) is 20.2 Å². The van der Waals surface area contributed by atoms with E-state index in [9.17, 15) is 0 Å². The van der Waals surface area contributed by atoms with Gasteiger partial charge < -0.3 is 20.7 Å². The van der Waals surface area contributed by atoms with Crippen molar-refractivity contribution in [1.82, 2.24) is 10.2 Å². The lowest BCUT2D eigenvalue weighted by Crippen LogP contribution is -2.34. The first-order valence-electron chi connectivity index (χ1n) is 6.43. The standard InChI is InChI=1S/C12H26N4O/c1-16-8-4-11(5-9-16)3-6-14-12(13)15-7-10-17-2/h11H,3-10H2,1-2H3,(H3,13,14,15). The third-order valence-electron chi connectivity index (χ3n) is 3.27. The van der Waals surface area contributed by atoms with Gasteiger partial charge in [-0.25, -0.2) is 0 Å². The molecule has 1 saturated heterocycles. The van der Waals surface area contributed by atoms with Crippen LogP contribution in [0.25, 0.3) is 0 Å². The monoisotopic (exact) mass is 242 g/mol. The fourth-order valence-electron chi connectivity index (χ4n) is 2.06. The molecular formula is C12H26N4O. The Hall–Kier alpha value is -0.810. The maximum atomic E-state index is 5.73. The van der Waals surface area contributed by atoms with Gasteiger partial charge >= 0.3 is 0 Å². The summed E-state index contributed by atoms with van der Waals surface area (Å²) in [6.07, 6.45) is 3.74. The highest BCUT2D eigenvalue weighted by Crippen LogP contribution is 2.19. The van der Waals surface area contributed by atoms with Crippen LogP contribution in [0.15, 0.2) is 4.99 Å². The van der Waals surface area contributed by atoms with Crippen molar-refractivity contribution in [2.24, 2.45) is 16.6 Å². The molecule has 0 unspecified atom stereocenters. The summed E-state index contributed by atoms with van der Waals surface area (Å²) in [6.45, 7) is 4.65. The highest BCUT2D eigenvalue weighted by Gasteiger charge is 2.15. The Morgan fingerprint density at radius 1 is 1.47 bits per heavy atom. The number of piperidine rings is 1. The SMILES string of the molecule is COCCNC(N)=NCCC1CCN(C)CC1. The third kappa shape index (κ3) is 6.48. The van der Waals surface area contributed by atoms with Gasteiger partial charge in [-0.05, 0) is 45.3 Å². The molecule has 0 saturated carbocycles. The molecule has 17 heavy (non-hydrogen) atoms. The lowest BCUT2D eigenvalue weighted by Gasteiger charge is -2.28. The maximum absolute atomic E-state index is 5.73. The van der Waals surface area contributed by atoms with Crippen molar-refractivity contribution in [2.45, 2.75) is 19.3 Å². The molecule has 1 aliphatic heterocycles. The number of aliphatic imine (C=N–C) groups is 1. The Balaban J connectivity index is 2.07. The minimum atomic E-state index is 0.537. The average Bonchev–Trinajstić information content (AvgIpc) is 2.32. The molecule has 5 heteroatoms. The molecule has 0 bridgehead atoms. The maximum Gasteiger partial charge on any atom is 0.188 e. The Kier molecular flexibility index (Phi) is 6.96. The van der Waals surface area contributed by atoms with E-state index in [1.165, 1.54) is 25.9 Å². The fourth-order valence-corrected chi connectivity index (χ4v) is 2.06. The molecule has 0 aromatic carbocycles. The van der Waals surface area contributed by atoms with Gasteiger partial charge in [-0.3, -0.25) is 4.99 Å². The van der Waals surface area contributed by atoms with Crippen LogP contribution < -0.4 is 11.1 Å². The normalized spacial score (nSPS) is 19.5. The van der Waals surface area contributed by atoms with Crippen molar-refractivity contribution in [3.05, 3.63) is 0 Å². The van der Waals surface area contributed by atoms with Crippen LogP contribution in [-0.2, 0) is 4.74 Å². The minimum Gasteiger partial charge on any atom is -0.383 e. The molecule has 1 aliphatic rings. The van der Waals surface area contributed by atoms with Crippen molar-refractivity contribution in [1.29, 1.82) is 0 Å². The molecule has 0 aromatic heterocycles. The van der Waals surface area contributed by atoms with Crippen LogP contribution >= 0.6 is 0 Å². The third-order valence-corrected chi connectivity index (χ3v) is 3.27. The van der Waals surface area contributed by atoms with E-state index in [0.29, 0.717) is 12.6 Å². The largest absolute Gasteiger partial charge is 0.383 e. The number of ether oxygens (including phenoxy) is 1. The van der Waals surface area contributed by atoms with Gasteiger partial charge in [-0.1, -0.05) is 0 Å². The van der Waals surface area contributed by atoms with Gasteiger partial charge in [0.05, 0.1) is 6.61 Å². The Labute approximate surface area is 104 Å². The molecule has 5 nitrogen and oxygen atoms in total. The quantitative estimate of drug-likeness (QED) is 0.399. The molecule has 3 N–H and O–H groups in total. The zero-order valence-electron chi connectivity index (χ0n) is 11.1. The molecule has 0 aliphatic carbocycles. The summed E-state index contributed by atoms with van der Waals surface area (Å²) in [5.41, 5.74) is 5.73. The molecule has 1 heterocycles. The lowest BCUT2D eigenvalue weighted by atomic mass is 9.94. The highest BCUT2D eigenvalue weighted by atomic mass is 16.5. The van der Waals surface area contributed by atoms with Crippen molar-refractivity contribution in [3.8, 4) is 0 Å². The van der Waals surface area contributed by atoms with Gasteiger partial charge in [0.15, 0.2) is 5.96 Å². The second kappa shape index (κ2) is 8.31. The molecule has 0 atom stereocenters. The van der Waals surface area contributed by atoms with Gasteiger partial charge in [0.1, 0.15) is 0 Å². The van der Waals surface area contributed by atoms with Crippen LogP contribution in [0.4, 0.5) is 0 Å². The second-order valence-electron chi connectivity index (χ2n) is 4.72. The number of likely N-dealkylation sites (tertiary alicyclic amines) is 1.